The summed E-state index contributed by atoms with van der Waals surface area (Å²) in [6.07, 6.45) is 9.52. The number of terminal acetylenes is 1. The smallest absolute Gasteiger partial charge is 0.0424 e. The molecular formula is C14H21NS. The Hall–Kier alpha value is -0.780. The van der Waals surface area contributed by atoms with Crippen LogP contribution < -0.4 is 5.32 Å². The summed E-state index contributed by atoms with van der Waals surface area (Å²) in [6.45, 7) is 5.46. The molecule has 1 aromatic heterocycles. The third kappa shape index (κ3) is 4.00. The maximum atomic E-state index is 5.34. The molecule has 1 rings (SSSR count). The highest BCUT2D eigenvalue weighted by Crippen LogP contribution is 2.26. The van der Waals surface area contributed by atoms with Gasteiger partial charge in [-0.1, -0.05) is 13.8 Å². The summed E-state index contributed by atoms with van der Waals surface area (Å²) in [5, 5.41) is 3.57. The largest absolute Gasteiger partial charge is 0.309 e. The Morgan fingerprint density at radius 3 is 2.81 bits per heavy atom. The molecule has 0 bridgehead atoms. The third-order valence-electron chi connectivity index (χ3n) is 2.59. The van der Waals surface area contributed by atoms with E-state index in [4.69, 9.17) is 6.42 Å². The highest BCUT2D eigenvalue weighted by atomic mass is 32.1. The third-order valence-corrected chi connectivity index (χ3v) is 3.94. The van der Waals surface area contributed by atoms with E-state index in [0.717, 1.165) is 25.8 Å². The number of hydrogen-bond acceptors (Lipinski definition) is 2. The molecule has 0 aliphatic heterocycles. The first kappa shape index (κ1) is 13.3. The van der Waals surface area contributed by atoms with Gasteiger partial charge in [0, 0.05) is 22.2 Å². The molecule has 1 nitrogen and oxygen atoms in total. The molecule has 0 aliphatic rings. The number of thiophene rings is 1. The van der Waals surface area contributed by atoms with E-state index < -0.39 is 0 Å². The van der Waals surface area contributed by atoms with Crippen LogP contribution in [0.2, 0.25) is 0 Å². The predicted octanol–water partition coefficient (Wildman–Crippen LogP) is 3.76. The lowest BCUT2D eigenvalue weighted by atomic mass is 10.1. The van der Waals surface area contributed by atoms with Gasteiger partial charge in [0.15, 0.2) is 0 Å². The molecule has 1 unspecified atom stereocenters. The van der Waals surface area contributed by atoms with E-state index in [0.29, 0.717) is 6.04 Å². The zero-order valence-corrected chi connectivity index (χ0v) is 11.1. The molecule has 1 aromatic rings. The molecule has 0 saturated heterocycles. The van der Waals surface area contributed by atoms with Crippen molar-refractivity contribution in [3.8, 4) is 12.3 Å². The van der Waals surface area contributed by atoms with E-state index in [1.165, 1.54) is 16.2 Å². The van der Waals surface area contributed by atoms with Gasteiger partial charge in [0.1, 0.15) is 0 Å². The Morgan fingerprint density at radius 2 is 2.25 bits per heavy atom. The van der Waals surface area contributed by atoms with Crippen LogP contribution in [0.3, 0.4) is 0 Å². The van der Waals surface area contributed by atoms with Crippen molar-refractivity contribution < 1.29 is 0 Å². The van der Waals surface area contributed by atoms with Crippen LogP contribution in [0.25, 0.3) is 0 Å². The molecule has 0 saturated carbocycles. The first-order chi connectivity index (χ1) is 7.81. The average Bonchev–Trinajstić information content (AvgIpc) is 2.78. The van der Waals surface area contributed by atoms with Gasteiger partial charge in [-0.15, -0.1) is 23.7 Å². The Balaban J connectivity index is 2.63. The minimum atomic E-state index is 0.446. The van der Waals surface area contributed by atoms with E-state index in [1.807, 2.05) is 11.3 Å². The van der Waals surface area contributed by atoms with E-state index in [-0.39, 0.29) is 0 Å². The molecule has 16 heavy (non-hydrogen) atoms. The maximum absolute atomic E-state index is 5.34. The zero-order chi connectivity index (χ0) is 11.8. The van der Waals surface area contributed by atoms with Crippen molar-refractivity contribution in [3.63, 3.8) is 0 Å². The van der Waals surface area contributed by atoms with Crippen LogP contribution >= 0.6 is 11.3 Å². The van der Waals surface area contributed by atoms with Crippen molar-refractivity contribution in [2.24, 2.45) is 0 Å². The number of hydrogen-bond donors (Lipinski definition) is 1. The van der Waals surface area contributed by atoms with Gasteiger partial charge < -0.3 is 5.32 Å². The first-order valence-corrected chi connectivity index (χ1v) is 6.88. The van der Waals surface area contributed by atoms with Crippen molar-refractivity contribution in [2.75, 3.05) is 6.54 Å². The van der Waals surface area contributed by atoms with Crippen LogP contribution in [0.5, 0.6) is 0 Å². The second-order valence-corrected chi connectivity index (χ2v) is 5.11. The molecular weight excluding hydrogens is 214 g/mol. The molecule has 1 atom stereocenters. The van der Waals surface area contributed by atoms with Crippen LogP contribution in [-0.4, -0.2) is 6.54 Å². The molecule has 0 amide bonds. The number of rotatable bonds is 7. The fourth-order valence-corrected chi connectivity index (χ4v) is 2.73. The van der Waals surface area contributed by atoms with Gasteiger partial charge in [-0.25, -0.2) is 0 Å². The minimum Gasteiger partial charge on any atom is -0.309 e. The van der Waals surface area contributed by atoms with Crippen LogP contribution in [0.1, 0.15) is 48.9 Å². The van der Waals surface area contributed by atoms with E-state index in [1.54, 1.807) is 0 Å². The highest BCUT2D eigenvalue weighted by Gasteiger charge is 2.11. The van der Waals surface area contributed by atoms with E-state index >= 15 is 0 Å². The van der Waals surface area contributed by atoms with Crippen molar-refractivity contribution in [1.29, 1.82) is 0 Å². The van der Waals surface area contributed by atoms with Gasteiger partial charge in [0.25, 0.3) is 0 Å². The van der Waals surface area contributed by atoms with Crippen molar-refractivity contribution >= 4 is 11.3 Å². The SMILES string of the molecule is C#CCCC(NCCC)c1ccc(CC)s1. The van der Waals surface area contributed by atoms with Gasteiger partial charge >= 0.3 is 0 Å². The lowest BCUT2D eigenvalue weighted by molar-refractivity contribution is 0.512. The Labute approximate surface area is 103 Å². The molecule has 0 radical (unpaired) electrons. The molecule has 88 valence electrons. The lowest BCUT2D eigenvalue weighted by Crippen LogP contribution is -2.21. The monoisotopic (exact) mass is 235 g/mol. The van der Waals surface area contributed by atoms with Gasteiger partial charge in [-0.05, 0) is 37.9 Å². The molecule has 0 aromatic carbocycles. The molecule has 2 heteroatoms. The molecule has 1 heterocycles. The maximum Gasteiger partial charge on any atom is 0.0424 e. The fourth-order valence-electron chi connectivity index (χ4n) is 1.66. The summed E-state index contributed by atoms with van der Waals surface area (Å²) in [5.41, 5.74) is 0. The predicted molar refractivity (Wildman–Crippen MR) is 72.8 cm³/mol. The van der Waals surface area contributed by atoms with Crippen LogP contribution in [-0.2, 0) is 6.42 Å². The van der Waals surface area contributed by atoms with Gasteiger partial charge in [0.2, 0.25) is 0 Å². The van der Waals surface area contributed by atoms with Crippen molar-refractivity contribution in [2.45, 2.75) is 45.6 Å². The van der Waals surface area contributed by atoms with Gasteiger partial charge in [-0.2, -0.15) is 0 Å². The summed E-state index contributed by atoms with van der Waals surface area (Å²) in [6, 6.07) is 4.92. The summed E-state index contributed by atoms with van der Waals surface area (Å²) in [4.78, 5) is 2.89. The summed E-state index contributed by atoms with van der Waals surface area (Å²) < 4.78 is 0. The summed E-state index contributed by atoms with van der Waals surface area (Å²) in [5.74, 6) is 2.73. The normalized spacial score (nSPS) is 12.3. The fraction of sp³-hybridized carbons (Fsp3) is 0.571. The zero-order valence-electron chi connectivity index (χ0n) is 10.3. The topological polar surface area (TPSA) is 12.0 Å². The molecule has 1 N–H and O–H groups in total. The Kier molecular flexibility index (Phi) is 6.22. The summed E-state index contributed by atoms with van der Waals surface area (Å²) in [7, 11) is 0. The van der Waals surface area contributed by atoms with Crippen molar-refractivity contribution in [1.82, 2.24) is 5.32 Å². The standard InChI is InChI=1S/C14H21NS/c1-4-7-8-13(15-11-5-2)14-10-9-12(6-3)16-14/h1,9-10,13,15H,5-8,11H2,2-3H3. The summed E-state index contributed by atoms with van der Waals surface area (Å²) >= 11 is 1.91. The van der Waals surface area contributed by atoms with Gasteiger partial charge in [0.05, 0.1) is 0 Å². The van der Waals surface area contributed by atoms with Crippen LogP contribution in [0.15, 0.2) is 12.1 Å². The number of aryl methyl sites for hydroxylation is 1. The second kappa shape index (κ2) is 7.49. The molecule has 0 aliphatic carbocycles. The van der Waals surface area contributed by atoms with E-state index in [9.17, 15) is 0 Å². The van der Waals surface area contributed by atoms with E-state index in [2.05, 4.69) is 37.2 Å². The lowest BCUT2D eigenvalue weighted by Gasteiger charge is -2.15. The van der Waals surface area contributed by atoms with Crippen LogP contribution in [0.4, 0.5) is 0 Å². The Bertz CT molecular complexity index is 335. The second-order valence-electron chi connectivity index (χ2n) is 3.91. The average molecular weight is 235 g/mol. The quantitative estimate of drug-likeness (QED) is 0.709. The minimum absolute atomic E-state index is 0.446. The molecule has 0 spiro atoms. The first-order valence-electron chi connectivity index (χ1n) is 6.07. The van der Waals surface area contributed by atoms with Gasteiger partial charge in [-0.3, -0.25) is 0 Å². The van der Waals surface area contributed by atoms with Crippen molar-refractivity contribution in [3.05, 3.63) is 21.9 Å². The molecule has 0 fully saturated rings. The number of nitrogens with one attached hydrogen (secondary N) is 1. The van der Waals surface area contributed by atoms with Crippen LogP contribution in [0, 0.1) is 12.3 Å². The Morgan fingerprint density at radius 1 is 1.44 bits per heavy atom. The highest BCUT2D eigenvalue weighted by molar-refractivity contribution is 7.12.